The number of ether oxygens (including phenoxy) is 3. The molecule has 1 N–H and O–H groups in total. The molecule has 10 heteroatoms. The molecule has 180 valence electrons. The lowest BCUT2D eigenvalue weighted by atomic mass is 9.87. The van der Waals surface area contributed by atoms with Gasteiger partial charge in [0.1, 0.15) is 18.0 Å². The SMILES string of the molecule is COC(=O)C(CC(=O)N=[N+]=[N-])(Cc1ccc(OCc2ccccc2)cc1)NC(=O)OC(C)(C)C. The molecular weight excluding hydrogens is 440 g/mol. The van der Waals surface area contributed by atoms with E-state index in [-0.39, 0.29) is 6.42 Å². The molecule has 0 saturated heterocycles. The zero-order valence-electron chi connectivity index (χ0n) is 19.6. The van der Waals surface area contributed by atoms with Crippen molar-refractivity contribution in [2.45, 2.75) is 51.4 Å². The van der Waals surface area contributed by atoms with Crippen LogP contribution in [0.3, 0.4) is 0 Å². The Kier molecular flexibility index (Phi) is 9.03. The first kappa shape index (κ1) is 26.2. The number of benzene rings is 2. The van der Waals surface area contributed by atoms with Crippen LogP contribution in [-0.2, 0) is 32.1 Å². The smallest absolute Gasteiger partial charge is 0.408 e. The minimum absolute atomic E-state index is 0.120. The first-order chi connectivity index (χ1) is 16.1. The van der Waals surface area contributed by atoms with E-state index in [1.54, 1.807) is 45.0 Å². The number of esters is 1. The third-order valence-electron chi connectivity index (χ3n) is 4.60. The molecule has 0 fully saturated rings. The monoisotopic (exact) mass is 468 g/mol. The van der Waals surface area contributed by atoms with E-state index in [2.05, 4.69) is 15.3 Å². The van der Waals surface area contributed by atoms with Crippen LogP contribution in [0.15, 0.2) is 59.7 Å². The first-order valence-corrected chi connectivity index (χ1v) is 10.5. The Bertz CT molecular complexity index is 1040. The zero-order valence-corrected chi connectivity index (χ0v) is 19.6. The normalized spacial score (nSPS) is 12.5. The molecule has 2 amide bonds. The fraction of sp³-hybridized carbons (Fsp3) is 0.375. The maximum absolute atomic E-state index is 12.8. The highest BCUT2D eigenvalue weighted by Crippen LogP contribution is 2.24. The van der Waals surface area contributed by atoms with Crippen LogP contribution in [0.4, 0.5) is 4.79 Å². The quantitative estimate of drug-likeness (QED) is 0.249. The Morgan fingerprint density at radius 1 is 1.00 bits per heavy atom. The summed E-state index contributed by atoms with van der Waals surface area (Å²) >= 11 is 0. The van der Waals surface area contributed by atoms with Gasteiger partial charge < -0.3 is 19.5 Å². The van der Waals surface area contributed by atoms with Crippen LogP contribution in [0.25, 0.3) is 10.4 Å². The fourth-order valence-electron chi connectivity index (χ4n) is 3.18. The van der Waals surface area contributed by atoms with Gasteiger partial charge in [0.2, 0.25) is 5.91 Å². The van der Waals surface area contributed by atoms with Gasteiger partial charge in [0.05, 0.1) is 7.11 Å². The summed E-state index contributed by atoms with van der Waals surface area (Å²) in [7, 11) is 1.13. The predicted octanol–water partition coefficient (Wildman–Crippen LogP) is 4.47. The standard InChI is InChI=1S/C24H28N4O6/c1-23(2,3)34-22(31)26-24(21(30)32-4,15-20(29)27-28-25)14-17-10-12-19(13-11-17)33-16-18-8-6-5-7-9-18/h5-13H,14-16H2,1-4H3,(H,26,31). The van der Waals surface area contributed by atoms with Crippen molar-refractivity contribution in [3.8, 4) is 5.75 Å². The summed E-state index contributed by atoms with van der Waals surface area (Å²) in [5.41, 5.74) is 7.52. The Hall–Kier alpha value is -4.04. The van der Waals surface area contributed by atoms with Gasteiger partial charge in [-0.25, -0.2) is 9.59 Å². The van der Waals surface area contributed by atoms with E-state index in [9.17, 15) is 14.4 Å². The van der Waals surface area contributed by atoms with Crippen LogP contribution in [0.5, 0.6) is 5.75 Å². The third-order valence-corrected chi connectivity index (χ3v) is 4.60. The second kappa shape index (κ2) is 11.7. The number of amides is 2. The van der Waals surface area contributed by atoms with Crippen molar-refractivity contribution in [1.82, 2.24) is 5.32 Å². The lowest BCUT2D eigenvalue weighted by Gasteiger charge is -2.32. The van der Waals surface area contributed by atoms with Crippen molar-refractivity contribution < 1.29 is 28.6 Å². The number of carbonyl (C=O) groups is 3. The van der Waals surface area contributed by atoms with E-state index >= 15 is 0 Å². The summed E-state index contributed by atoms with van der Waals surface area (Å²) in [6.07, 6.45) is -1.66. The van der Waals surface area contributed by atoms with Gasteiger partial charge in [-0.2, -0.15) is 0 Å². The van der Waals surface area contributed by atoms with Crippen molar-refractivity contribution in [1.29, 1.82) is 0 Å². The molecule has 10 nitrogen and oxygen atoms in total. The van der Waals surface area contributed by atoms with Gasteiger partial charge in [-0.05, 0) is 54.7 Å². The molecule has 2 aromatic rings. The predicted molar refractivity (Wildman–Crippen MR) is 124 cm³/mol. The molecule has 0 saturated carbocycles. The largest absolute Gasteiger partial charge is 0.489 e. The average Bonchev–Trinajstić information content (AvgIpc) is 2.77. The number of rotatable bonds is 9. The van der Waals surface area contributed by atoms with E-state index in [0.29, 0.717) is 17.9 Å². The Morgan fingerprint density at radius 3 is 2.21 bits per heavy atom. The van der Waals surface area contributed by atoms with Crippen LogP contribution >= 0.6 is 0 Å². The Labute approximate surface area is 197 Å². The molecule has 0 aliphatic carbocycles. The van der Waals surface area contributed by atoms with Crippen molar-refractivity contribution in [3.05, 3.63) is 76.2 Å². The Balaban J connectivity index is 2.27. The zero-order chi connectivity index (χ0) is 25.2. The van der Waals surface area contributed by atoms with Crippen molar-refractivity contribution in [3.63, 3.8) is 0 Å². The molecule has 0 bridgehead atoms. The highest BCUT2D eigenvalue weighted by molar-refractivity contribution is 5.92. The van der Waals surface area contributed by atoms with Crippen LogP contribution in [-0.4, -0.2) is 36.2 Å². The highest BCUT2D eigenvalue weighted by Gasteiger charge is 2.44. The van der Waals surface area contributed by atoms with E-state index in [0.717, 1.165) is 12.7 Å². The number of nitrogens with zero attached hydrogens (tertiary/aromatic N) is 3. The van der Waals surface area contributed by atoms with E-state index in [4.69, 9.17) is 19.7 Å². The summed E-state index contributed by atoms with van der Waals surface area (Å²) in [5, 5.41) is 5.50. The molecule has 2 aromatic carbocycles. The summed E-state index contributed by atoms with van der Waals surface area (Å²) in [6, 6.07) is 16.5. The summed E-state index contributed by atoms with van der Waals surface area (Å²) in [5.74, 6) is -1.22. The molecule has 1 atom stereocenters. The number of hydrogen-bond acceptors (Lipinski definition) is 6. The maximum atomic E-state index is 12.8. The number of hydrogen-bond donors (Lipinski definition) is 1. The number of alkyl carbamates (subject to hydrolysis) is 1. The first-order valence-electron chi connectivity index (χ1n) is 10.5. The van der Waals surface area contributed by atoms with Gasteiger partial charge >= 0.3 is 12.1 Å². The third kappa shape index (κ3) is 8.14. The number of nitrogens with one attached hydrogen (secondary N) is 1. The van der Waals surface area contributed by atoms with Crippen LogP contribution in [0.1, 0.15) is 38.3 Å². The van der Waals surface area contributed by atoms with E-state index < -0.39 is 35.5 Å². The van der Waals surface area contributed by atoms with Gasteiger partial charge in [0.15, 0.2) is 5.54 Å². The maximum Gasteiger partial charge on any atom is 0.408 e. The van der Waals surface area contributed by atoms with Crippen molar-refractivity contribution >= 4 is 18.0 Å². The molecule has 0 radical (unpaired) electrons. The van der Waals surface area contributed by atoms with Crippen LogP contribution in [0, 0.1) is 0 Å². The molecule has 0 heterocycles. The molecule has 0 aromatic heterocycles. The van der Waals surface area contributed by atoms with Gasteiger partial charge in [-0.1, -0.05) is 42.5 Å². The van der Waals surface area contributed by atoms with Gasteiger partial charge in [-0.15, -0.1) is 0 Å². The molecule has 0 spiro atoms. The summed E-state index contributed by atoms with van der Waals surface area (Å²) < 4.78 is 15.9. The second-order valence-electron chi connectivity index (χ2n) is 8.56. The lowest BCUT2D eigenvalue weighted by Crippen LogP contribution is -2.58. The molecule has 1 unspecified atom stereocenters. The average molecular weight is 469 g/mol. The molecule has 34 heavy (non-hydrogen) atoms. The van der Waals surface area contributed by atoms with Crippen LogP contribution < -0.4 is 10.1 Å². The van der Waals surface area contributed by atoms with E-state index in [1.165, 1.54) is 0 Å². The van der Waals surface area contributed by atoms with Crippen molar-refractivity contribution in [2.24, 2.45) is 5.11 Å². The number of azide groups is 1. The van der Waals surface area contributed by atoms with E-state index in [1.807, 2.05) is 30.3 Å². The van der Waals surface area contributed by atoms with Gasteiger partial charge in [-0.3, -0.25) is 4.79 Å². The molecule has 2 rings (SSSR count). The van der Waals surface area contributed by atoms with Gasteiger partial charge in [0, 0.05) is 17.8 Å². The second-order valence-corrected chi connectivity index (χ2v) is 8.56. The molecular formula is C24H28N4O6. The minimum Gasteiger partial charge on any atom is -0.489 e. The number of methoxy groups -OCH3 is 1. The van der Waals surface area contributed by atoms with Crippen LogP contribution in [0.2, 0.25) is 0 Å². The Morgan fingerprint density at radius 2 is 1.65 bits per heavy atom. The fourth-order valence-corrected chi connectivity index (χ4v) is 3.18. The number of carbonyl (C=O) groups excluding carboxylic acids is 3. The summed E-state index contributed by atoms with van der Waals surface area (Å²) in [4.78, 5) is 40.0. The summed E-state index contributed by atoms with van der Waals surface area (Å²) in [6.45, 7) is 5.36. The minimum atomic E-state index is -1.85. The molecule has 0 aliphatic heterocycles. The topological polar surface area (TPSA) is 140 Å². The molecule has 0 aliphatic rings. The van der Waals surface area contributed by atoms with Crippen molar-refractivity contribution in [2.75, 3.05) is 7.11 Å². The highest BCUT2D eigenvalue weighted by atomic mass is 16.6. The lowest BCUT2D eigenvalue weighted by molar-refractivity contribution is -0.150. The van der Waals surface area contributed by atoms with Gasteiger partial charge in [0.25, 0.3) is 0 Å².